The topological polar surface area (TPSA) is 67.3 Å². The third-order valence-electron chi connectivity index (χ3n) is 3.58. The van der Waals surface area contributed by atoms with Gasteiger partial charge in [0.2, 0.25) is 5.95 Å². The Bertz CT molecular complexity index is 675. The lowest BCUT2D eigenvalue weighted by Crippen LogP contribution is -2.27. The number of rotatable bonds is 5. The smallest absolute Gasteiger partial charge is 0.295 e. The summed E-state index contributed by atoms with van der Waals surface area (Å²) in [6, 6.07) is 9.56. The normalized spacial score (nSPS) is 14.0. The van der Waals surface area contributed by atoms with Gasteiger partial charge in [0.05, 0.1) is 17.8 Å². The van der Waals surface area contributed by atoms with Gasteiger partial charge in [-0.1, -0.05) is 41.9 Å². The van der Waals surface area contributed by atoms with E-state index in [4.69, 9.17) is 16.4 Å². The van der Waals surface area contributed by atoms with Crippen LogP contribution in [0.5, 0.6) is 0 Å². The molecule has 0 saturated carbocycles. The Hall–Kier alpha value is -2.18. The molecule has 1 aliphatic rings. The zero-order chi connectivity index (χ0) is 16.1. The number of hydroxylamine groups is 1. The van der Waals surface area contributed by atoms with Gasteiger partial charge in [-0.25, -0.2) is 15.4 Å². The summed E-state index contributed by atoms with van der Waals surface area (Å²) in [4.78, 5) is 27.9. The zero-order valence-corrected chi connectivity index (χ0v) is 13.3. The molecule has 1 saturated heterocycles. The number of halogens is 1. The summed E-state index contributed by atoms with van der Waals surface area (Å²) in [5.74, 6) is 0.0499. The standard InChI is InChI=1S/C16H17ClN4O2/c17-13-10-18-16(21-8-4-5-9-21)19-14(13)15(22)20-23-11-12-6-2-1-3-7-12/h1-3,6-7,10H,4-5,8-9,11H2,(H,20,22). The minimum absolute atomic E-state index is 0.122. The summed E-state index contributed by atoms with van der Waals surface area (Å²) in [6.07, 6.45) is 3.66. The van der Waals surface area contributed by atoms with E-state index in [-0.39, 0.29) is 17.3 Å². The molecular formula is C16H17ClN4O2. The van der Waals surface area contributed by atoms with Gasteiger partial charge in [0.15, 0.2) is 5.69 Å². The van der Waals surface area contributed by atoms with Crippen molar-refractivity contribution in [3.8, 4) is 0 Å². The molecule has 2 heterocycles. The van der Waals surface area contributed by atoms with Gasteiger partial charge >= 0.3 is 0 Å². The number of benzene rings is 1. The maximum atomic E-state index is 12.2. The maximum absolute atomic E-state index is 12.2. The lowest BCUT2D eigenvalue weighted by atomic mass is 10.2. The molecule has 1 amide bonds. The Kier molecular flexibility index (Phi) is 5.05. The molecular weight excluding hydrogens is 316 g/mol. The van der Waals surface area contributed by atoms with E-state index < -0.39 is 5.91 Å². The Morgan fingerprint density at radius 1 is 1.26 bits per heavy atom. The van der Waals surface area contributed by atoms with E-state index >= 15 is 0 Å². The molecule has 120 valence electrons. The molecule has 0 bridgehead atoms. The second-order valence-electron chi connectivity index (χ2n) is 5.27. The van der Waals surface area contributed by atoms with Crippen LogP contribution in [0.25, 0.3) is 0 Å². The van der Waals surface area contributed by atoms with Gasteiger partial charge < -0.3 is 4.90 Å². The number of aromatic nitrogens is 2. The van der Waals surface area contributed by atoms with Crippen LogP contribution in [0.3, 0.4) is 0 Å². The molecule has 0 aliphatic carbocycles. The lowest BCUT2D eigenvalue weighted by Gasteiger charge is -2.15. The molecule has 2 aromatic rings. The Balaban J connectivity index is 1.63. The number of nitrogens with zero attached hydrogens (tertiary/aromatic N) is 3. The van der Waals surface area contributed by atoms with Crippen molar-refractivity contribution in [1.29, 1.82) is 0 Å². The van der Waals surface area contributed by atoms with Crippen LogP contribution >= 0.6 is 11.6 Å². The number of carbonyl (C=O) groups is 1. The molecule has 1 aromatic heterocycles. The summed E-state index contributed by atoms with van der Waals surface area (Å²) in [7, 11) is 0. The Labute approximate surface area is 139 Å². The van der Waals surface area contributed by atoms with Gasteiger partial charge in [-0.15, -0.1) is 0 Å². The number of hydrogen-bond acceptors (Lipinski definition) is 5. The minimum Gasteiger partial charge on any atom is -0.341 e. The van der Waals surface area contributed by atoms with Crippen molar-refractivity contribution in [1.82, 2.24) is 15.4 Å². The zero-order valence-electron chi connectivity index (χ0n) is 12.5. The minimum atomic E-state index is -0.478. The van der Waals surface area contributed by atoms with Crippen molar-refractivity contribution >= 4 is 23.5 Å². The highest BCUT2D eigenvalue weighted by molar-refractivity contribution is 6.33. The van der Waals surface area contributed by atoms with Gasteiger partial charge in [-0.05, 0) is 18.4 Å². The number of nitrogens with one attached hydrogen (secondary N) is 1. The fraction of sp³-hybridized carbons (Fsp3) is 0.312. The predicted octanol–water partition coefficient (Wildman–Crippen LogP) is 2.59. The summed E-state index contributed by atoms with van der Waals surface area (Å²) in [5.41, 5.74) is 3.45. The molecule has 1 aromatic carbocycles. The average molecular weight is 333 g/mol. The molecule has 7 heteroatoms. The van der Waals surface area contributed by atoms with Crippen LogP contribution in [0.4, 0.5) is 5.95 Å². The van der Waals surface area contributed by atoms with Gasteiger partial charge in [-0.3, -0.25) is 9.63 Å². The van der Waals surface area contributed by atoms with E-state index in [0.29, 0.717) is 5.95 Å². The fourth-order valence-electron chi connectivity index (χ4n) is 2.39. The SMILES string of the molecule is O=C(NOCc1ccccc1)c1nc(N2CCCC2)ncc1Cl. The quantitative estimate of drug-likeness (QED) is 0.852. The fourth-order valence-corrected chi connectivity index (χ4v) is 2.57. The summed E-state index contributed by atoms with van der Waals surface area (Å²) in [5, 5.41) is 0.203. The highest BCUT2D eigenvalue weighted by Crippen LogP contribution is 2.19. The second-order valence-corrected chi connectivity index (χ2v) is 5.67. The molecule has 1 fully saturated rings. The molecule has 6 nitrogen and oxygen atoms in total. The van der Waals surface area contributed by atoms with Gasteiger partial charge in [-0.2, -0.15) is 0 Å². The number of carbonyl (C=O) groups excluding carboxylic acids is 1. The first kappa shape index (κ1) is 15.7. The van der Waals surface area contributed by atoms with Crippen LogP contribution < -0.4 is 10.4 Å². The number of hydrogen-bond donors (Lipinski definition) is 1. The van der Waals surface area contributed by atoms with Crippen LogP contribution in [-0.2, 0) is 11.4 Å². The number of anilines is 1. The molecule has 0 unspecified atom stereocenters. The van der Waals surface area contributed by atoms with E-state index in [1.165, 1.54) is 6.20 Å². The second kappa shape index (κ2) is 7.39. The van der Waals surface area contributed by atoms with E-state index in [1.807, 2.05) is 35.2 Å². The molecule has 23 heavy (non-hydrogen) atoms. The van der Waals surface area contributed by atoms with Crippen molar-refractivity contribution in [3.63, 3.8) is 0 Å². The van der Waals surface area contributed by atoms with Crippen molar-refractivity contribution in [2.45, 2.75) is 19.4 Å². The highest BCUT2D eigenvalue weighted by Gasteiger charge is 2.19. The van der Waals surface area contributed by atoms with Crippen LogP contribution in [0.2, 0.25) is 5.02 Å². The average Bonchev–Trinajstić information content (AvgIpc) is 3.10. The molecule has 3 rings (SSSR count). The van der Waals surface area contributed by atoms with Crippen molar-refractivity contribution in [3.05, 3.63) is 52.8 Å². The molecule has 0 radical (unpaired) electrons. The van der Waals surface area contributed by atoms with Crippen LogP contribution in [0, 0.1) is 0 Å². The first-order chi connectivity index (χ1) is 11.2. The van der Waals surface area contributed by atoms with Crippen LogP contribution in [0.1, 0.15) is 28.9 Å². The van der Waals surface area contributed by atoms with Crippen molar-refractivity contribution < 1.29 is 9.63 Å². The molecule has 1 N–H and O–H groups in total. The molecule has 0 spiro atoms. The Morgan fingerprint density at radius 3 is 2.74 bits per heavy atom. The summed E-state index contributed by atoms with van der Waals surface area (Å²) < 4.78 is 0. The van der Waals surface area contributed by atoms with Gasteiger partial charge in [0, 0.05) is 13.1 Å². The largest absolute Gasteiger partial charge is 0.341 e. The van der Waals surface area contributed by atoms with E-state index in [2.05, 4.69) is 15.4 Å². The highest BCUT2D eigenvalue weighted by atomic mass is 35.5. The van der Waals surface area contributed by atoms with E-state index in [1.54, 1.807) is 0 Å². The van der Waals surface area contributed by atoms with E-state index in [0.717, 1.165) is 31.5 Å². The number of amides is 1. The Morgan fingerprint density at radius 2 is 2.00 bits per heavy atom. The third kappa shape index (κ3) is 3.97. The first-order valence-electron chi connectivity index (χ1n) is 7.47. The summed E-state index contributed by atoms with van der Waals surface area (Å²) >= 11 is 6.03. The van der Waals surface area contributed by atoms with Crippen LogP contribution in [-0.4, -0.2) is 29.0 Å². The monoisotopic (exact) mass is 332 g/mol. The lowest BCUT2D eigenvalue weighted by molar-refractivity contribution is 0.0229. The van der Waals surface area contributed by atoms with Crippen LogP contribution in [0.15, 0.2) is 36.5 Å². The van der Waals surface area contributed by atoms with Gasteiger partial charge in [0.25, 0.3) is 5.91 Å². The van der Waals surface area contributed by atoms with Crippen molar-refractivity contribution in [2.24, 2.45) is 0 Å². The first-order valence-corrected chi connectivity index (χ1v) is 7.85. The molecule has 0 atom stereocenters. The van der Waals surface area contributed by atoms with Crippen molar-refractivity contribution in [2.75, 3.05) is 18.0 Å². The molecule has 1 aliphatic heterocycles. The van der Waals surface area contributed by atoms with Gasteiger partial charge in [0.1, 0.15) is 0 Å². The summed E-state index contributed by atoms with van der Waals surface area (Å²) in [6.45, 7) is 2.06. The predicted molar refractivity (Wildman–Crippen MR) is 87.2 cm³/mol. The maximum Gasteiger partial charge on any atom is 0.295 e. The van der Waals surface area contributed by atoms with E-state index in [9.17, 15) is 4.79 Å². The third-order valence-corrected chi connectivity index (χ3v) is 3.86.